The molecule has 1 aliphatic rings. The van der Waals surface area contributed by atoms with Crippen LogP contribution in [-0.2, 0) is 11.3 Å². The van der Waals surface area contributed by atoms with Crippen molar-refractivity contribution in [2.75, 3.05) is 20.7 Å². The van der Waals surface area contributed by atoms with Gasteiger partial charge in [-0.1, -0.05) is 18.2 Å². The molecular weight excluding hydrogens is 272 g/mol. The Morgan fingerprint density at radius 1 is 1.43 bits per heavy atom. The van der Waals surface area contributed by atoms with Crippen molar-refractivity contribution in [3.8, 4) is 5.75 Å². The van der Waals surface area contributed by atoms with Crippen LogP contribution in [-0.4, -0.2) is 53.7 Å². The number of aliphatic carboxylic acids is 1. The third kappa shape index (κ3) is 3.26. The molecule has 0 spiro atoms. The Hall–Kier alpha value is -2.24. The third-order valence-corrected chi connectivity index (χ3v) is 3.71. The Kier molecular flexibility index (Phi) is 4.67. The number of carbonyl (C=O) groups excluding carboxylic acids is 1. The highest BCUT2D eigenvalue weighted by atomic mass is 16.5. The van der Waals surface area contributed by atoms with Crippen LogP contribution in [0, 0.1) is 0 Å². The van der Waals surface area contributed by atoms with Crippen LogP contribution in [0.3, 0.4) is 0 Å². The number of amides is 2. The maximum absolute atomic E-state index is 12.4. The second kappa shape index (κ2) is 6.47. The number of carbonyl (C=O) groups is 2. The zero-order valence-electron chi connectivity index (χ0n) is 12.3. The number of urea groups is 1. The number of para-hydroxylation sites is 1. The van der Waals surface area contributed by atoms with Crippen molar-refractivity contribution >= 4 is 12.0 Å². The van der Waals surface area contributed by atoms with Crippen molar-refractivity contribution in [3.05, 3.63) is 29.8 Å². The van der Waals surface area contributed by atoms with Gasteiger partial charge in [-0.3, -0.25) is 0 Å². The lowest BCUT2D eigenvalue weighted by molar-refractivity contribution is -0.141. The summed E-state index contributed by atoms with van der Waals surface area (Å²) in [6.07, 6.45) is 1.24. The molecule has 0 radical (unpaired) electrons. The fourth-order valence-electron chi connectivity index (χ4n) is 2.63. The predicted octanol–water partition coefficient (Wildman–Crippen LogP) is 1.80. The van der Waals surface area contributed by atoms with E-state index in [1.165, 1.54) is 9.80 Å². The molecule has 1 fully saturated rings. The molecule has 0 aliphatic carbocycles. The molecule has 1 aromatic carbocycles. The van der Waals surface area contributed by atoms with Crippen LogP contribution in [0.5, 0.6) is 5.75 Å². The van der Waals surface area contributed by atoms with Gasteiger partial charge in [-0.15, -0.1) is 0 Å². The normalized spacial score (nSPS) is 17.6. The van der Waals surface area contributed by atoms with Crippen molar-refractivity contribution in [2.24, 2.45) is 0 Å². The second-order valence-corrected chi connectivity index (χ2v) is 5.14. The number of hydrogen-bond donors (Lipinski definition) is 1. The third-order valence-electron chi connectivity index (χ3n) is 3.71. The van der Waals surface area contributed by atoms with Crippen molar-refractivity contribution in [3.63, 3.8) is 0 Å². The summed E-state index contributed by atoms with van der Waals surface area (Å²) in [4.78, 5) is 26.5. The van der Waals surface area contributed by atoms with Gasteiger partial charge < -0.3 is 19.6 Å². The van der Waals surface area contributed by atoms with E-state index in [2.05, 4.69) is 0 Å². The van der Waals surface area contributed by atoms with Gasteiger partial charge in [-0.25, -0.2) is 9.59 Å². The predicted molar refractivity (Wildman–Crippen MR) is 77.2 cm³/mol. The van der Waals surface area contributed by atoms with Gasteiger partial charge in [0.15, 0.2) is 0 Å². The molecule has 0 unspecified atom stereocenters. The maximum Gasteiger partial charge on any atom is 0.326 e. The average molecular weight is 292 g/mol. The van der Waals surface area contributed by atoms with E-state index in [-0.39, 0.29) is 6.03 Å². The summed E-state index contributed by atoms with van der Waals surface area (Å²) in [7, 11) is 3.26. The maximum atomic E-state index is 12.4. The molecule has 1 N–H and O–H groups in total. The Morgan fingerprint density at radius 3 is 2.81 bits per heavy atom. The largest absolute Gasteiger partial charge is 0.496 e. The van der Waals surface area contributed by atoms with Gasteiger partial charge in [0, 0.05) is 19.2 Å². The summed E-state index contributed by atoms with van der Waals surface area (Å²) in [5.74, 6) is -0.222. The van der Waals surface area contributed by atoms with Gasteiger partial charge in [0.1, 0.15) is 11.8 Å². The summed E-state index contributed by atoms with van der Waals surface area (Å²) in [5.41, 5.74) is 0.891. The molecule has 114 valence electrons. The second-order valence-electron chi connectivity index (χ2n) is 5.14. The van der Waals surface area contributed by atoms with E-state index < -0.39 is 12.0 Å². The van der Waals surface area contributed by atoms with Gasteiger partial charge in [-0.05, 0) is 18.9 Å². The lowest BCUT2D eigenvalue weighted by atomic mass is 10.2. The lowest BCUT2D eigenvalue weighted by Crippen LogP contribution is -2.46. The average Bonchev–Trinajstić information content (AvgIpc) is 2.96. The van der Waals surface area contributed by atoms with Gasteiger partial charge in [-0.2, -0.15) is 0 Å². The molecular formula is C15H20N2O4. The minimum atomic E-state index is -0.938. The monoisotopic (exact) mass is 292 g/mol. The van der Waals surface area contributed by atoms with Gasteiger partial charge in [0.05, 0.1) is 13.7 Å². The number of methoxy groups -OCH3 is 1. The van der Waals surface area contributed by atoms with Crippen LogP contribution in [0.1, 0.15) is 18.4 Å². The highest BCUT2D eigenvalue weighted by Gasteiger charge is 2.35. The van der Waals surface area contributed by atoms with E-state index in [0.29, 0.717) is 25.3 Å². The van der Waals surface area contributed by atoms with Crippen molar-refractivity contribution < 1.29 is 19.4 Å². The molecule has 0 aromatic heterocycles. The zero-order chi connectivity index (χ0) is 15.4. The van der Waals surface area contributed by atoms with Crippen LogP contribution in [0.25, 0.3) is 0 Å². The van der Waals surface area contributed by atoms with Crippen molar-refractivity contribution in [1.29, 1.82) is 0 Å². The molecule has 6 heteroatoms. The molecule has 0 bridgehead atoms. The van der Waals surface area contributed by atoms with E-state index >= 15 is 0 Å². The molecule has 1 heterocycles. The molecule has 1 atom stereocenters. The fourth-order valence-corrected chi connectivity index (χ4v) is 2.63. The van der Waals surface area contributed by atoms with Crippen LogP contribution in [0.2, 0.25) is 0 Å². The van der Waals surface area contributed by atoms with Crippen LogP contribution >= 0.6 is 0 Å². The van der Waals surface area contributed by atoms with Gasteiger partial charge in [0.2, 0.25) is 0 Å². The van der Waals surface area contributed by atoms with E-state index in [1.807, 2.05) is 24.3 Å². The number of nitrogens with zero attached hydrogens (tertiary/aromatic N) is 2. The highest BCUT2D eigenvalue weighted by molar-refractivity contribution is 5.83. The Morgan fingerprint density at radius 2 is 2.14 bits per heavy atom. The molecule has 21 heavy (non-hydrogen) atoms. The van der Waals surface area contributed by atoms with E-state index in [9.17, 15) is 9.59 Å². The number of likely N-dealkylation sites (tertiary alicyclic amines) is 1. The fraction of sp³-hybridized carbons (Fsp3) is 0.467. The molecule has 6 nitrogen and oxygen atoms in total. The summed E-state index contributed by atoms with van der Waals surface area (Å²) in [5, 5.41) is 9.15. The molecule has 1 aliphatic heterocycles. The number of ether oxygens (including phenoxy) is 1. The van der Waals surface area contributed by atoms with E-state index in [1.54, 1.807) is 14.2 Å². The van der Waals surface area contributed by atoms with E-state index in [4.69, 9.17) is 9.84 Å². The first-order valence-electron chi connectivity index (χ1n) is 6.91. The lowest BCUT2D eigenvalue weighted by Gasteiger charge is -2.28. The number of benzene rings is 1. The first-order valence-corrected chi connectivity index (χ1v) is 6.91. The molecule has 2 rings (SSSR count). The van der Waals surface area contributed by atoms with Crippen LogP contribution in [0.15, 0.2) is 24.3 Å². The smallest absolute Gasteiger partial charge is 0.326 e. The first kappa shape index (κ1) is 15.2. The summed E-state index contributed by atoms with van der Waals surface area (Å²) < 4.78 is 5.27. The summed E-state index contributed by atoms with van der Waals surface area (Å²) in [6.45, 7) is 0.873. The Balaban J connectivity index is 2.07. The quantitative estimate of drug-likeness (QED) is 0.918. The van der Waals surface area contributed by atoms with Crippen LogP contribution < -0.4 is 4.74 Å². The minimum Gasteiger partial charge on any atom is -0.496 e. The topological polar surface area (TPSA) is 70.1 Å². The van der Waals surface area contributed by atoms with Crippen molar-refractivity contribution in [1.82, 2.24) is 9.80 Å². The SMILES string of the molecule is COc1ccccc1CN(C)C(=O)N1CCC[C@H]1C(=O)O. The number of hydrogen-bond acceptors (Lipinski definition) is 3. The van der Waals surface area contributed by atoms with Gasteiger partial charge in [0.25, 0.3) is 0 Å². The van der Waals surface area contributed by atoms with E-state index in [0.717, 1.165) is 12.0 Å². The summed E-state index contributed by atoms with van der Waals surface area (Å²) >= 11 is 0. The minimum absolute atomic E-state index is 0.259. The molecule has 2 amide bonds. The molecule has 1 saturated heterocycles. The Labute approximate surface area is 123 Å². The highest BCUT2D eigenvalue weighted by Crippen LogP contribution is 2.22. The van der Waals surface area contributed by atoms with Crippen molar-refractivity contribution in [2.45, 2.75) is 25.4 Å². The number of carboxylic acids is 1. The first-order chi connectivity index (χ1) is 10.0. The Bertz CT molecular complexity index is 532. The van der Waals surface area contributed by atoms with Gasteiger partial charge >= 0.3 is 12.0 Å². The summed E-state index contributed by atoms with van der Waals surface area (Å²) in [6, 6.07) is 6.51. The standard InChI is InChI=1S/C15H20N2O4/c1-16(10-11-6-3-4-8-13(11)21-2)15(20)17-9-5-7-12(17)14(18)19/h3-4,6,8,12H,5,7,9-10H2,1-2H3,(H,18,19)/t12-/m0/s1. The van der Waals surface area contributed by atoms with Crippen LogP contribution in [0.4, 0.5) is 4.79 Å². The number of rotatable bonds is 4. The number of carboxylic acid groups (broad SMARTS) is 1. The molecule has 1 aromatic rings. The molecule has 0 saturated carbocycles. The zero-order valence-corrected chi connectivity index (χ0v) is 12.3.